The van der Waals surface area contributed by atoms with Crippen LogP contribution in [0.5, 0.6) is 0 Å². The Bertz CT molecular complexity index is 650. The van der Waals surface area contributed by atoms with Crippen molar-refractivity contribution in [3.8, 4) is 0 Å². The second-order valence-corrected chi connectivity index (χ2v) is 22.1. The first kappa shape index (κ1) is 27.8. The summed E-state index contributed by atoms with van der Waals surface area (Å²) in [5.41, 5.74) is 0. The summed E-state index contributed by atoms with van der Waals surface area (Å²) in [7, 11) is 0.736. The summed E-state index contributed by atoms with van der Waals surface area (Å²) in [4.78, 5) is 28.6. The summed E-state index contributed by atoms with van der Waals surface area (Å²) in [6.45, 7) is 25.7. The minimum absolute atomic E-state index is 0.0282. The van der Waals surface area contributed by atoms with Crippen LogP contribution in [0.3, 0.4) is 0 Å². The van der Waals surface area contributed by atoms with Crippen LogP contribution >= 0.6 is 8.96 Å². The molecular formula is C20H42BN2O4PSi2. The number of carbonyl (C=O) groups excluding carboxylic acids is 2. The zero-order valence-electron chi connectivity index (χ0n) is 21.0. The van der Waals surface area contributed by atoms with Gasteiger partial charge in [-0.05, 0) is 37.0 Å². The molecule has 172 valence electrons. The third-order valence-electron chi connectivity index (χ3n) is 7.51. The Balaban J connectivity index is 3.28. The van der Waals surface area contributed by atoms with Crippen molar-refractivity contribution in [2.45, 2.75) is 104 Å². The highest BCUT2D eigenvalue weighted by Crippen LogP contribution is 2.49. The van der Waals surface area contributed by atoms with Crippen molar-refractivity contribution in [3.05, 3.63) is 0 Å². The molecular weight excluding hydrogens is 430 g/mol. The van der Waals surface area contributed by atoms with Crippen LogP contribution in [-0.4, -0.2) is 53.1 Å². The SMILES string of the molecule is [B]NPOC(=O)C(C)C1C(C(C)O[Si](C)(C)C(C)(C)C)C(=O)N1[Si](C)(C)C(C)(C)C. The molecule has 0 aromatic carbocycles. The average molecular weight is 473 g/mol. The van der Waals surface area contributed by atoms with Crippen LogP contribution in [0.15, 0.2) is 0 Å². The first-order chi connectivity index (χ1) is 13.3. The summed E-state index contributed by atoms with van der Waals surface area (Å²) in [5, 5.41) is 0.0146. The van der Waals surface area contributed by atoms with Crippen LogP contribution in [0.2, 0.25) is 36.3 Å². The van der Waals surface area contributed by atoms with Gasteiger partial charge in [0.2, 0.25) is 5.91 Å². The molecule has 2 radical (unpaired) electrons. The lowest BCUT2D eigenvalue weighted by molar-refractivity contribution is -0.162. The molecule has 1 aliphatic heterocycles. The lowest BCUT2D eigenvalue weighted by atomic mass is 9.79. The standard InChI is InChI=1S/C20H42BN2O4PSi2/c1-13(18(25)26-28-22-21)16-15(14(2)27-30(11,12)20(6,7)8)17(24)23(16)29(9,10)19(3,4)5/h13-16,22,28H,1-12H3. The summed E-state index contributed by atoms with van der Waals surface area (Å²) < 4.78 is 13.9. The molecule has 10 heteroatoms. The highest BCUT2D eigenvalue weighted by atomic mass is 31.1. The van der Waals surface area contributed by atoms with E-state index in [4.69, 9.17) is 16.9 Å². The molecule has 1 saturated heterocycles. The van der Waals surface area contributed by atoms with Gasteiger partial charge in [-0.25, -0.2) is 0 Å². The monoisotopic (exact) mass is 472 g/mol. The smallest absolute Gasteiger partial charge is 0.314 e. The number of β-lactam (4-membered cyclic amide) rings is 1. The Morgan fingerprint density at radius 1 is 1.10 bits per heavy atom. The van der Waals surface area contributed by atoms with Gasteiger partial charge >= 0.3 is 5.97 Å². The highest BCUT2D eigenvalue weighted by Gasteiger charge is 2.62. The molecule has 0 aromatic rings. The third kappa shape index (κ3) is 5.40. The predicted octanol–water partition coefficient (Wildman–Crippen LogP) is 4.59. The lowest BCUT2D eigenvalue weighted by Crippen LogP contribution is -2.77. The average Bonchev–Trinajstić information content (AvgIpc) is 2.53. The van der Waals surface area contributed by atoms with Crippen LogP contribution in [-0.2, 0) is 18.5 Å². The minimum Gasteiger partial charge on any atom is -0.432 e. The number of amides is 1. The topological polar surface area (TPSA) is 67.9 Å². The lowest BCUT2D eigenvalue weighted by Gasteiger charge is -2.61. The Hall–Kier alpha value is -0.211. The molecule has 0 bridgehead atoms. The summed E-state index contributed by atoms with van der Waals surface area (Å²) in [5.74, 6) is -1.02. The van der Waals surface area contributed by atoms with Gasteiger partial charge in [0.15, 0.2) is 24.5 Å². The van der Waals surface area contributed by atoms with E-state index in [0.717, 1.165) is 0 Å². The number of nitrogens with one attached hydrogen (secondary N) is 1. The molecule has 30 heavy (non-hydrogen) atoms. The van der Waals surface area contributed by atoms with E-state index in [2.05, 4.69) is 72.7 Å². The number of hydrogen-bond donors (Lipinski definition) is 1. The summed E-state index contributed by atoms with van der Waals surface area (Å²) >= 11 is 0. The first-order valence-corrected chi connectivity index (χ1v) is 17.5. The molecule has 6 nitrogen and oxygen atoms in total. The van der Waals surface area contributed by atoms with E-state index in [-0.39, 0.29) is 49.0 Å². The Morgan fingerprint density at radius 2 is 1.60 bits per heavy atom. The molecule has 1 aliphatic rings. The van der Waals surface area contributed by atoms with Crippen molar-refractivity contribution in [1.29, 1.82) is 0 Å². The van der Waals surface area contributed by atoms with E-state index in [9.17, 15) is 9.59 Å². The maximum atomic E-state index is 13.5. The largest absolute Gasteiger partial charge is 0.432 e. The molecule has 0 spiro atoms. The molecule has 1 N–H and O–H groups in total. The van der Waals surface area contributed by atoms with Gasteiger partial charge in [0.1, 0.15) is 8.96 Å². The van der Waals surface area contributed by atoms with Crippen molar-refractivity contribution in [2.24, 2.45) is 11.8 Å². The fraction of sp³-hybridized carbons (Fsp3) is 0.900. The van der Waals surface area contributed by atoms with Gasteiger partial charge < -0.3 is 18.5 Å². The van der Waals surface area contributed by atoms with E-state index in [1.807, 2.05) is 18.4 Å². The van der Waals surface area contributed by atoms with Crippen molar-refractivity contribution in [1.82, 2.24) is 9.56 Å². The molecule has 1 heterocycles. The highest BCUT2D eigenvalue weighted by molar-refractivity contribution is 7.32. The molecule has 5 unspecified atom stereocenters. The van der Waals surface area contributed by atoms with Crippen LogP contribution in [0.25, 0.3) is 0 Å². The van der Waals surface area contributed by atoms with E-state index in [1.165, 1.54) is 0 Å². The molecule has 1 fully saturated rings. The fourth-order valence-electron chi connectivity index (χ4n) is 3.58. The molecule has 5 atom stereocenters. The number of hydrogen-bond acceptors (Lipinski definition) is 5. The molecule has 0 saturated carbocycles. The van der Waals surface area contributed by atoms with E-state index >= 15 is 0 Å². The van der Waals surface area contributed by atoms with Crippen LogP contribution in [0.4, 0.5) is 0 Å². The maximum absolute atomic E-state index is 13.5. The van der Waals surface area contributed by atoms with Gasteiger partial charge in [0.25, 0.3) is 0 Å². The molecule has 0 aromatic heterocycles. The Kier molecular flexibility index (Phi) is 8.66. The van der Waals surface area contributed by atoms with Crippen molar-refractivity contribution in [3.63, 3.8) is 0 Å². The Labute approximate surface area is 189 Å². The predicted molar refractivity (Wildman–Crippen MR) is 132 cm³/mol. The summed E-state index contributed by atoms with van der Waals surface area (Å²) in [6.07, 6.45) is -0.255. The third-order valence-corrected chi connectivity index (χ3v) is 17.9. The maximum Gasteiger partial charge on any atom is 0.314 e. The van der Waals surface area contributed by atoms with Crippen molar-refractivity contribution < 1.29 is 18.5 Å². The zero-order valence-corrected chi connectivity index (χ0v) is 24.0. The van der Waals surface area contributed by atoms with Gasteiger partial charge in [-0.2, -0.15) is 0 Å². The van der Waals surface area contributed by atoms with Crippen molar-refractivity contribution in [2.75, 3.05) is 0 Å². The van der Waals surface area contributed by atoms with Gasteiger partial charge in [-0.3, -0.25) is 9.59 Å². The molecule has 0 aliphatic carbocycles. The second-order valence-electron chi connectivity index (χ2n) is 11.6. The van der Waals surface area contributed by atoms with Gasteiger partial charge in [0.05, 0.1) is 24.0 Å². The fourth-order valence-corrected chi connectivity index (χ4v) is 7.91. The van der Waals surface area contributed by atoms with Gasteiger partial charge in [-0.15, -0.1) is 0 Å². The first-order valence-electron chi connectivity index (χ1n) is 10.7. The van der Waals surface area contributed by atoms with Crippen LogP contribution in [0, 0.1) is 11.8 Å². The van der Waals surface area contributed by atoms with Crippen LogP contribution in [0.1, 0.15) is 55.4 Å². The molecule has 1 rings (SSSR count). The van der Waals surface area contributed by atoms with Gasteiger partial charge in [0, 0.05) is 0 Å². The zero-order chi connectivity index (χ0) is 23.9. The minimum atomic E-state index is -2.18. The number of carbonyl (C=O) groups is 2. The van der Waals surface area contributed by atoms with Gasteiger partial charge in [-0.1, -0.05) is 54.6 Å². The van der Waals surface area contributed by atoms with E-state index in [0.29, 0.717) is 0 Å². The van der Waals surface area contributed by atoms with E-state index in [1.54, 1.807) is 0 Å². The quantitative estimate of drug-likeness (QED) is 0.318. The van der Waals surface area contributed by atoms with E-state index < -0.39 is 22.5 Å². The normalized spacial score (nSPS) is 23.5. The van der Waals surface area contributed by atoms with Crippen molar-refractivity contribution >= 4 is 45.4 Å². The molecule has 1 amide bonds. The number of nitrogens with zero attached hydrogens (tertiary/aromatic N) is 1. The second kappa shape index (κ2) is 9.34. The Morgan fingerprint density at radius 3 is 2.00 bits per heavy atom. The number of rotatable bonds is 8. The van der Waals surface area contributed by atoms with Crippen LogP contribution < -0.4 is 5.00 Å². The summed E-state index contributed by atoms with van der Waals surface area (Å²) in [6, 6.07) is -0.228.